The van der Waals surface area contributed by atoms with Crippen LogP contribution in [0.2, 0.25) is 0 Å². The number of fused-ring (bicyclic) bond motifs is 1. The van der Waals surface area contributed by atoms with Gasteiger partial charge >= 0.3 is 0 Å². The Kier molecular flexibility index (Phi) is 2.21. The molecular weight excluding hydrogens is 196 g/mol. The van der Waals surface area contributed by atoms with E-state index in [2.05, 4.69) is 4.98 Å². The summed E-state index contributed by atoms with van der Waals surface area (Å²) >= 11 is 1.44. The topological polar surface area (TPSA) is 58.9 Å². The normalized spacial score (nSPS) is 10.6. The fourth-order valence-corrected chi connectivity index (χ4v) is 1.91. The van der Waals surface area contributed by atoms with Crippen LogP contribution in [0.3, 0.4) is 0 Å². The molecule has 4 heteroatoms. The minimum Gasteiger partial charge on any atom is -0.393 e. The lowest BCUT2D eigenvalue weighted by atomic mass is 10.2. The summed E-state index contributed by atoms with van der Waals surface area (Å²) in [6.45, 7) is 0. The van der Waals surface area contributed by atoms with Crippen LogP contribution in [0.1, 0.15) is 0 Å². The van der Waals surface area contributed by atoms with Crippen molar-refractivity contribution in [3.63, 3.8) is 0 Å². The maximum absolute atomic E-state index is 11.7. The highest BCUT2D eigenvalue weighted by Crippen LogP contribution is 2.20. The Hall–Kier alpha value is -1.42. The average molecular weight is 206 g/mol. The minimum atomic E-state index is -0.0938. The fraction of sp³-hybridized carbons (Fsp3) is 0.100. The Labute approximate surface area is 85.3 Å². The first-order chi connectivity index (χ1) is 6.74. The fourth-order valence-electron chi connectivity index (χ4n) is 1.39. The first-order valence-electron chi connectivity index (χ1n) is 4.18. The van der Waals surface area contributed by atoms with Gasteiger partial charge in [0.05, 0.1) is 10.5 Å². The zero-order valence-corrected chi connectivity index (χ0v) is 8.52. The van der Waals surface area contributed by atoms with Crippen LogP contribution in [0.4, 0.5) is 5.69 Å². The van der Waals surface area contributed by atoms with Crippen LogP contribution in [0.5, 0.6) is 0 Å². The summed E-state index contributed by atoms with van der Waals surface area (Å²) in [7, 11) is 0. The Morgan fingerprint density at radius 2 is 2.07 bits per heavy atom. The summed E-state index contributed by atoms with van der Waals surface area (Å²) < 4.78 is 0. The van der Waals surface area contributed by atoms with Gasteiger partial charge < -0.3 is 10.7 Å². The monoisotopic (exact) mass is 206 g/mol. The van der Waals surface area contributed by atoms with Crippen LogP contribution < -0.4 is 11.2 Å². The van der Waals surface area contributed by atoms with Crippen molar-refractivity contribution in [2.45, 2.75) is 5.03 Å². The van der Waals surface area contributed by atoms with Gasteiger partial charge in [-0.2, -0.15) is 0 Å². The maximum Gasteiger partial charge on any atom is 0.213 e. The van der Waals surface area contributed by atoms with Gasteiger partial charge in [-0.25, -0.2) is 0 Å². The summed E-state index contributed by atoms with van der Waals surface area (Å²) in [4.78, 5) is 14.9. The predicted molar refractivity (Wildman–Crippen MR) is 60.8 cm³/mol. The molecule has 3 nitrogen and oxygen atoms in total. The molecule has 0 spiro atoms. The van der Waals surface area contributed by atoms with Gasteiger partial charge in [0, 0.05) is 5.39 Å². The molecule has 14 heavy (non-hydrogen) atoms. The number of para-hydroxylation sites is 1. The number of nitrogen functional groups attached to an aromatic ring is 1. The molecule has 3 N–H and O–H groups in total. The smallest absolute Gasteiger partial charge is 0.213 e. The molecule has 1 aromatic carbocycles. The van der Waals surface area contributed by atoms with Gasteiger partial charge in [0.25, 0.3) is 0 Å². The quantitative estimate of drug-likeness (QED) is 0.700. The second-order valence-corrected chi connectivity index (χ2v) is 3.76. The number of nitrogens with two attached hydrogens (primary N) is 1. The molecule has 0 bridgehead atoms. The van der Waals surface area contributed by atoms with E-state index in [1.165, 1.54) is 11.8 Å². The lowest BCUT2D eigenvalue weighted by Crippen LogP contribution is -2.11. The number of hydrogen-bond acceptors (Lipinski definition) is 3. The van der Waals surface area contributed by atoms with E-state index in [4.69, 9.17) is 5.73 Å². The third-order valence-electron chi connectivity index (χ3n) is 2.11. The second-order valence-electron chi connectivity index (χ2n) is 2.95. The van der Waals surface area contributed by atoms with E-state index in [9.17, 15) is 4.79 Å². The molecule has 0 aliphatic carbocycles. The van der Waals surface area contributed by atoms with Crippen LogP contribution in [-0.4, -0.2) is 11.2 Å². The molecule has 0 aliphatic heterocycles. The largest absolute Gasteiger partial charge is 0.393 e. The molecule has 0 aliphatic rings. The number of H-pyrrole nitrogens is 1. The van der Waals surface area contributed by atoms with Gasteiger partial charge in [-0.1, -0.05) is 12.1 Å². The van der Waals surface area contributed by atoms with E-state index in [1.54, 1.807) is 6.07 Å². The molecule has 0 atom stereocenters. The zero-order valence-electron chi connectivity index (χ0n) is 7.70. The Morgan fingerprint density at radius 3 is 2.79 bits per heavy atom. The molecule has 0 saturated heterocycles. The van der Waals surface area contributed by atoms with E-state index in [-0.39, 0.29) is 5.43 Å². The predicted octanol–water partition coefficient (Wildman–Crippen LogP) is 1.83. The van der Waals surface area contributed by atoms with E-state index in [0.717, 1.165) is 10.5 Å². The molecule has 2 rings (SSSR count). The summed E-state index contributed by atoms with van der Waals surface area (Å²) in [6, 6.07) is 7.36. The van der Waals surface area contributed by atoms with Crippen molar-refractivity contribution in [3.05, 3.63) is 34.5 Å². The standard InChI is InChI=1S/C10H10N2OS/c1-14-10-8(11)9(13)6-4-2-3-5-7(6)12-10/h2-5H,11H2,1H3,(H,12,13). The lowest BCUT2D eigenvalue weighted by Gasteiger charge is -2.04. The molecule has 2 aromatic rings. The SMILES string of the molecule is CSc1[nH]c2ccccc2c(=O)c1N. The summed E-state index contributed by atoms with van der Waals surface area (Å²) in [6.07, 6.45) is 1.89. The molecule has 0 unspecified atom stereocenters. The van der Waals surface area contributed by atoms with Crippen molar-refractivity contribution >= 4 is 28.4 Å². The number of anilines is 1. The molecule has 0 amide bonds. The van der Waals surface area contributed by atoms with Crippen molar-refractivity contribution in [2.24, 2.45) is 0 Å². The Bertz CT molecular complexity index is 533. The molecular formula is C10H10N2OS. The van der Waals surface area contributed by atoms with Crippen molar-refractivity contribution < 1.29 is 0 Å². The molecule has 1 heterocycles. The van der Waals surface area contributed by atoms with Gasteiger partial charge in [-0.3, -0.25) is 4.79 Å². The number of aromatic amines is 1. The summed E-state index contributed by atoms with van der Waals surface area (Å²) in [5.74, 6) is 0. The average Bonchev–Trinajstić information content (AvgIpc) is 2.23. The van der Waals surface area contributed by atoms with Crippen LogP contribution in [0.25, 0.3) is 10.9 Å². The zero-order chi connectivity index (χ0) is 10.1. The van der Waals surface area contributed by atoms with Crippen LogP contribution in [-0.2, 0) is 0 Å². The van der Waals surface area contributed by atoms with Crippen LogP contribution in [0, 0.1) is 0 Å². The molecule has 0 radical (unpaired) electrons. The second kappa shape index (κ2) is 3.38. The van der Waals surface area contributed by atoms with Crippen molar-refractivity contribution in [1.82, 2.24) is 4.98 Å². The van der Waals surface area contributed by atoms with Gasteiger partial charge in [0.1, 0.15) is 5.69 Å². The van der Waals surface area contributed by atoms with Gasteiger partial charge in [0.2, 0.25) is 5.43 Å². The number of pyridine rings is 1. The number of hydrogen-bond donors (Lipinski definition) is 2. The molecule has 0 saturated carbocycles. The van der Waals surface area contributed by atoms with Crippen LogP contribution in [0.15, 0.2) is 34.1 Å². The van der Waals surface area contributed by atoms with E-state index in [1.807, 2.05) is 24.5 Å². The van der Waals surface area contributed by atoms with Crippen molar-refractivity contribution in [3.8, 4) is 0 Å². The van der Waals surface area contributed by atoms with Gasteiger partial charge in [0.15, 0.2) is 0 Å². The summed E-state index contributed by atoms with van der Waals surface area (Å²) in [5.41, 5.74) is 6.73. The van der Waals surface area contributed by atoms with Crippen molar-refractivity contribution in [2.75, 3.05) is 12.0 Å². The van der Waals surface area contributed by atoms with Crippen molar-refractivity contribution in [1.29, 1.82) is 0 Å². The van der Waals surface area contributed by atoms with E-state index >= 15 is 0 Å². The highest BCUT2D eigenvalue weighted by molar-refractivity contribution is 7.98. The highest BCUT2D eigenvalue weighted by Gasteiger charge is 2.06. The van der Waals surface area contributed by atoms with E-state index in [0.29, 0.717) is 11.1 Å². The number of benzene rings is 1. The summed E-state index contributed by atoms with van der Waals surface area (Å²) in [5, 5.41) is 1.37. The minimum absolute atomic E-state index is 0.0938. The number of aromatic nitrogens is 1. The maximum atomic E-state index is 11.7. The lowest BCUT2D eigenvalue weighted by molar-refractivity contribution is 1.19. The molecule has 1 aromatic heterocycles. The number of rotatable bonds is 1. The Morgan fingerprint density at radius 1 is 1.36 bits per heavy atom. The first kappa shape index (κ1) is 9.15. The molecule has 0 fully saturated rings. The Balaban J connectivity index is 2.92. The number of nitrogens with one attached hydrogen (secondary N) is 1. The highest BCUT2D eigenvalue weighted by atomic mass is 32.2. The third-order valence-corrected chi connectivity index (χ3v) is 2.84. The van der Waals surface area contributed by atoms with E-state index < -0.39 is 0 Å². The van der Waals surface area contributed by atoms with Crippen LogP contribution >= 0.6 is 11.8 Å². The molecule has 72 valence electrons. The van der Waals surface area contributed by atoms with Gasteiger partial charge in [-0.05, 0) is 18.4 Å². The first-order valence-corrected chi connectivity index (χ1v) is 5.41. The number of thioether (sulfide) groups is 1. The third kappa shape index (κ3) is 1.28. The van der Waals surface area contributed by atoms with Gasteiger partial charge in [-0.15, -0.1) is 11.8 Å².